The number of hydrogen-bond acceptors (Lipinski definition) is 3. The zero-order valence-corrected chi connectivity index (χ0v) is 12.9. The second kappa shape index (κ2) is 6.81. The number of carbonyl (C=O) groups is 1. The molecule has 1 atom stereocenters. The normalized spacial score (nSPS) is 12.2. The molecule has 106 valence electrons. The smallest absolute Gasteiger partial charge is 0.238 e. The fourth-order valence-electron chi connectivity index (χ4n) is 1.61. The molecule has 1 heterocycles. The van der Waals surface area contributed by atoms with Gasteiger partial charge in [0.1, 0.15) is 0 Å². The summed E-state index contributed by atoms with van der Waals surface area (Å²) in [5.74, 6) is 0.495. The van der Waals surface area contributed by atoms with Crippen LogP contribution in [0, 0.1) is 0 Å². The summed E-state index contributed by atoms with van der Waals surface area (Å²) in [6.07, 6.45) is 0.859. The molecular weight excluding hydrogens is 294 g/mol. The lowest BCUT2D eigenvalue weighted by atomic mass is 10.3. The zero-order chi connectivity index (χ0) is 14.5. The zero-order valence-electron chi connectivity index (χ0n) is 11.3. The number of H-pyrrole nitrogens is 1. The molecule has 2 rings (SSSR count). The Bertz CT molecular complexity index is 582. The summed E-state index contributed by atoms with van der Waals surface area (Å²) in [6, 6.07) is 9.28. The highest BCUT2D eigenvalue weighted by atomic mass is 35.5. The Balaban J connectivity index is 1.93. The first-order valence-corrected chi connectivity index (χ1v) is 7.61. The van der Waals surface area contributed by atoms with E-state index in [0.717, 1.165) is 17.0 Å². The van der Waals surface area contributed by atoms with Crippen LogP contribution in [0.5, 0.6) is 0 Å². The molecule has 1 amide bonds. The Morgan fingerprint density at radius 1 is 1.45 bits per heavy atom. The number of carbonyl (C=O) groups excluding carboxylic acids is 1. The summed E-state index contributed by atoms with van der Waals surface area (Å²) in [6.45, 7) is 3.89. The lowest BCUT2D eigenvalue weighted by molar-refractivity contribution is -0.115. The molecule has 0 saturated heterocycles. The van der Waals surface area contributed by atoms with Crippen LogP contribution >= 0.6 is 23.4 Å². The molecule has 0 radical (unpaired) electrons. The van der Waals surface area contributed by atoms with Gasteiger partial charge in [-0.2, -0.15) is 5.10 Å². The van der Waals surface area contributed by atoms with E-state index < -0.39 is 0 Å². The average molecular weight is 310 g/mol. The van der Waals surface area contributed by atoms with Gasteiger partial charge in [-0.1, -0.05) is 18.5 Å². The molecule has 0 aliphatic heterocycles. The molecule has 6 heteroatoms. The minimum Gasteiger partial charge on any atom is -0.308 e. The van der Waals surface area contributed by atoms with E-state index in [1.807, 2.05) is 44.2 Å². The van der Waals surface area contributed by atoms with Crippen molar-refractivity contribution < 1.29 is 4.79 Å². The van der Waals surface area contributed by atoms with Crippen molar-refractivity contribution >= 4 is 35.1 Å². The molecule has 1 unspecified atom stereocenters. The Morgan fingerprint density at radius 3 is 2.75 bits per heavy atom. The van der Waals surface area contributed by atoms with Crippen molar-refractivity contribution in [3.05, 3.63) is 41.0 Å². The molecule has 0 aliphatic rings. The number of hydrogen-bond donors (Lipinski definition) is 2. The van der Waals surface area contributed by atoms with Crippen molar-refractivity contribution in [3.63, 3.8) is 0 Å². The van der Waals surface area contributed by atoms with Crippen molar-refractivity contribution in [1.82, 2.24) is 10.2 Å². The number of benzene rings is 1. The number of aryl methyl sites for hydroxylation is 1. The third-order valence-corrected chi connectivity index (χ3v) is 4.12. The summed E-state index contributed by atoms with van der Waals surface area (Å²) in [5.41, 5.74) is 0.998. The first-order valence-electron chi connectivity index (χ1n) is 6.36. The number of aromatic amines is 1. The van der Waals surface area contributed by atoms with Gasteiger partial charge in [0.25, 0.3) is 0 Å². The monoisotopic (exact) mass is 309 g/mol. The topological polar surface area (TPSA) is 57.8 Å². The third-order valence-electron chi connectivity index (χ3n) is 2.76. The van der Waals surface area contributed by atoms with Crippen molar-refractivity contribution in [1.29, 1.82) is 0 Å². The minimum absolute atomic E-state index is 0.0703. The maximum Gasteiger partial charge on any atom is 0.238 e. The standard InChI is InChI=1S/C14H16ClN3OS/c1-3-11-8-13(18-17-11)16-14(19)9(2)20-12-6-4-10(15)5-7-12/h4-9H,3H2,1-2H3,(H2,16,17,18,19). The van der Waals surface area contributed by atoms with Gasteiger partial charge < -0.3 is 5.32 Å². The first-order chi connectivity index (χ1) is 9.58. The van der Waals surface area contributed by atoms with Gasteiger partial charge in [0.05, 0.1) is 5.25 Å². The van der Waals surface area contributed by atoms with E-state index in [0.29, 0.717) is 10.8 Å². The molecule has 20 heavy (non-hydrogen) atoms. The van der Waals surface area contributed by atoms with E-state index in [-0.39, 0.29) is 11.2 Å². The molecule has 0 bridgehead atoms. The van der Waals surface area contributed by atoms with Gasteiger partial charge in [-0.3, -0.25) is 9.89 Å². The van der Waals surface area contributed by atoms with Crippen LogP contribution in [-0.4, -0.2) is 21.4 Å². The summed E-state index contributed by atoms with van der Waals surface area (Å²) in [5, 5.41) is 10.2. The number of rotatable bonds is 5. The molecule has 0 spiro atoms. The van der Waals surface area contributed by atoms with E-state index in [1.54, 1.807) is 0 Å². The summed E-state index contributed by atoms with van der Waals surface area (Å²) in [4.78, 5) is 13.1. The maximum absolute atomic E-state index is 12.1. The van der Waals surface area contributed by atoms with Gasteiger partial charge in [0.15, 0.2) is 5.82 Å². The van der Waals surface area contributed by atoms with Gasteiger partial charge in [-0.05, 0) is 37.6 Å². The number of aromatic nitrogens is 2. The van der Waals surface area contributed by atoms with Crippen LogP contribution in [0.4, 0.5) is 5.82 Å². The Morgan fingerprint density at radius 2 is 2.15 bits per heavy atom. The van der Waals surface area contributed by atoms with Crippen LogP contribution in [-0.2, 0) is 11.2 Å². The van der Waals surface area contributed by atoms with E-state index in [4.69, 9.17) is 11.6 Å². The van der Waals surface area contributed by atoms with Crippen molar-refractivity contribution in [3.8, 4) is 0 Å². The van der Waals surface area contributed by atoms with Gasteiger partial charge in [-0.15, -0.1) is 11.8 Å². The van der Waals surface area contributed by atoms with Gasteiger partial charge in [-0.25, -0.2) is 0 Å². The average Bonchev–Trinajstić information content (AvgIpc) is 2.89. The SMILES string of the molecule is CCc1cc(NC(=O)C(C)Sc2ccc(Cl)cc2)n[nH]1. The number of nitrogens with one attached hydrogen (secondary N) is 2. The number of halogens is 1. The minimum atomic E-state index is -0.210. The number of amides is 1. The van der Waals surface area contributed by atoms with Gasteiger partial charge in [0.2, 0.25) is 5.91 Å². The molecule has 0 fully saturated rings. The van der Waals surface area contributed by atoms with E-state index in [9.17, 15) is 4.79 Å². The predicted octanol–water partition coefficient (Wildman–Crippen LogP) is 3.74. The third kappa shape index (κ3) is 4.02. The lowest BCUT2D eigenvalue weighted by Crippen LogP contribution is -2.22. The lowest BCUT2D eigenvalue weighted by Gasteiger charge is -2.10. The van der Waals surface area contributed by atoms with Crippen molar-refractivity contribution in [2.24, 2.45) is 0 Å². The fourth-order valence-corrected chi connectivity index (χ4v) is 2.60. The molecule has 0 saturated carbocycles. The molecule has 2 aromatic rings. The second-order valence-corrected chi connectivity index (χ2v) is 6.19. The molecule has 1 aromatic carbocycles. The molecular formula is C14H16ClN3OS. The highest BCUT2D eigenvalue weighted by Gasteiger charge is 2.15. The van der Waals surface area contributed by atoms with E-state index >= 15 is 0 Å². The highest BCUT2D eigenvalue weighted by Crippen LogP contribution is 2.25. The van der Waals surface area contributed by atoms with Gasteiger partial charge >= 0.3 is 0 Å². The van der Waals surface area contributed by atoms with E-state index in [2.05, 4.69) is 15.5 Å². The highest BCUT2D eigenvalue weighted by molar-refractivity contribution is 8.00. The maximum atomic E-state index is 12.1. The van der Waals surface area contributed by atoms with Crippen LogP contribution in [0.25, 0.3) is 0 Å². The van der Waals surface area contributed by atoms with Gasteiger partial charge in [0, 0.05) is 21.7 Å². The quantitative estimate of drug-likeness (QED) is 0.827. The largest absolute Gasteiger partial charge is 0.308 e. The Labute approximate surface area is 127 Å². The predicted molar refractivity (Wildman–Crippen MR) is 83.4 cm³/mol. The van der Waals surface area contributed by atoms with Crippen LogP contribution in [0.15, 0.2) is 35.2 Å². The Kier molecular flexibility index (Phi) is 5.09. The first kappa shape index (κ1) is 14.9. The molecule has 2 N–H and O–H groups in total. The van der Waals surface area contributed by atoms with Crippen molar-refractivity contribution in [2.75, 3.05) is 5.32 Å². The molecule has 4 nitrogen and oxygen atoms in total. The van der Waals surface area contributed by atoms with E-state index in [1.165, 1.54) is 11.8 Å². The van der Waals surface area contributed by atoms with Crippen LogP contribution in [0.2, 0.25) is 5.02 Å². The number of anilines is 1. The Hall–Kier alpha value is -1.46. The molecule has 1 aromatic heterocycles. The summed E-state index contributed by atoms with van der Waals surface area (Å²) < 4.78 is 0. The second-order valence-electron chi connectivity index (χ2n) is 4.34. The van der Waals surface area contributed by atoms with Crippen molar-refractivity contribution in [2.45, 2.75) is 30.4 Å². The summed E-state index contributed by atoms with van der Waals surface area (Å²) >= 11 is 7.32. The van der Waals surface area contributed by atoms with Crippen LogP contribution < -0.4 is 5.32 Å². The van der Waals surface area contributed by atoms with Crippen LogP contribution in [0.1, 0.15) is 19.5 Å². The fraction of sp³-hybridized carbons (Fsp3) is 0.286. The summed E-state index contributed by atoms with van der Waals surface area (Å²) in [7, 11) is 0. The number of thioether (sulfide) groups is 1. The van der Waals surface area contributed by atoms with Crippen LogP contribution in [0.3, 0.4) is 0 Å². The number of nitrogens with zero attached hydrogens (tertiary/aromatic N) is 1. The molecule has 0 aliphatic carbocycles.